The van der Waals surface area contributed by atoms with Gasteiger partial charge in [-0.25, -0.2) is 0 Å². The van der Waals surface area contributed by atoms with E-state index in [1.54, 1.807) is 18.2 Å². The Labute approximate surface area is 165 Å². The fourth-order valence-electron chi connectivity index (χ4n) is 4.36. The third kappa shape index (κ3) is 2.57. The molecule has 0 saturated carbocycles. The summed E-state index contributed by atoms with van der Waals surface area (Å²) in [5.41, 5.74) is 6.31. The van der Waals surface area contributed by atoms with Crippen molar-refractivity contribution in [3.05, 3.63) is 126 Å². The summed E-state index contributed by atoms with van der Waals surface area (Å²) in [4.78, 5) is 0. The average molecular weight is 366 g/mol. The van der Waals surface area contributed by atoms with Crippen LogP contribution >= 0.6 is 0 Å². The number of allylic oxidation sites excluding steroid dienone is 4. The van der Waals surface area contributed by atoms with E-state index < -0.39 is 5.41 Å². The first-order valence-corrected chi connectivity index (χ1v) is 9.30. The summed E-state index contributed by atoms with van der Waals surface area (Å²) in [5.74, 6) is 0.250. The van der Waals surface area contributed by atoms with Crippen molar-refractivity contribution in [2.75, 3.05) is 0 Å². The van der Waals surface area contributed by atoms with Crippen LogP contribution in [0.5, 0.6) is 5.75 Å². The van der Waals surface area contributed by atoms with Crippen molar-refractivity contribution in [1.29, 1.82) is 0 Å². The molecule has 0 aromatic heterocycles. The molecule has 2 nitrogen and oxygen atoms in total. The predicted molar refractivity (Wildman–Crippen MR) is 115 cm³/mol. The lowest BCUT2D eigenvalue weighted by Crippen LogP contribution is -2.29. The fraction of sp³-hybridized carbons (Fsp3) is 0.0769. The monoisotopic (exact) mass is 366 g/mol. The molecule has 1 aliphatic rings. The highest BCUT2D eigenvalue weighted by Gasteiger charge is 2.46. The van der Waals surface area contributed by atoms with Gasteiger partial charge in [-0.05, 0) is 58.5 Å². The zero-order chi connectivity index (χ0) is 19.7. The molecule has 0 heterocycles. The zero-order valence-electron chi connectivity index (χ0n) is 15.8. The van der Waals surface area contributed by atoms with Gasteiger partial charge in [0.05, 0.1) is 5.41 Å². The molecule has 0 atom stereocenters. The molecule has 0 amide bonds. The van der Waals surface area contributed by atoms with Gasteiger partial charge in [0, 0.05) is 0 Å². The van der Waals surface area contributed by atoms with Crippen LogP contribution in [-0.4, -0.2) is 10.2 Å². The third-order valence-corrected chi connectivity index (χ3v) is 5.45. The van der Waals surface area contributed by atoms with E-state index in [0.717, 1.165) is 11.1 Å². The van der Waals surface area contributed by atoms with Crippen LogP contribution in [0.4, 0.5) is 0 Å². The SMILES string of the molecule is C=C(O)/C=C\C(=C/C)C1(c2ccc(O)cc2)c2ccccc2-c2ccccc21. The number of phenolic OH excluding ortho intramolecular Hbond substituents is 1. The summed E-state index contributed by atoms with van der Waals surface area (Å²) < 4.78 is 0. The molecule has 4 rings (SSSR count). The number of rotatable bonds is 4. The standard InChI is InChI=1S/C26H22O2/c1-3-19(13-12-18(2)27)26(20-14-16-21(28)17-15-20)24-10-6-4-8-22(24)23-9-5-7-11-25(23)26/h3-17,27-28H,2H2,1H3/b13-12-,19-3+. The molecule has 28 heavy (non-hydrogen) atoms. The van der Waals surface area contributed by atoms with Crippen LogP contribution in [0.1, 0.15) is 23.6 Å². The molecule has 2 N–H and O–H groups in total. The number of aliphatic hydroxyl groups excluding tert-OH is 1. The molecule has 3 aromatic carbocycles. The first kappa shape index (κ1) is 17.9. The number of fused-ring (bicyclic) bond motifs is 3. The van der Waals surface area contributed by atoms with Crippen molar-refractivity contribution in [2.24, 2.45) is 0 Å². The minimum Gasteiger partial charge on any atom is -0.509 e. The van der Waals surface area contributed by atoms with Crippen molar-refractivity contribution in [3.63, 3.8) is 0 Å². The van der Waals surface area contributed by atoms with Gasteiger partial charge in [-0.1, -0.05) is 79.4 Å². The molecule has 0 saturated heterocycles. The summed E-state index contributed by atoms with van der Waals surface area (Å²) >= 11 is 0. The molecular weight excluding hydrogens is 344 g/mol. The van der Waals surface area contributed by atoms with Crippen LogP contribution in [0.25, 0.3) is 11.1 Å². The zero-order valence-corrected chi connectivity index (χ0v) is 15.8. The van der Waals surface area contributed by atoms with Crippen LogP contribution < -0.4 is 0 Å². The highest BCUT2D eigenvalue weighted by atomic mass is 16.3. The minimum atomic E-state index is -0.540. The quantitative estimate of drug-likeness (QED) is 0.421. The van der Waals surface area contributed by atoms with Gasteiger partial charge in [0.25, 0.3) is 0 Å². The fourth-order valence-corrected chi connectivity index (χ4v) is 4.36. The average Bonchev–Trinajstić information content (AvgIpc) is 3.01. The van der Waals surface area contributed by atoms with Crippen LogP contribution in [0.3, 0.4) is 0 Å². The Balaban J connectivity index is 2.13. The highest BCUT2D eigenvalue weighted by Crippen LogP contribution is 2.56. The third-order valence-electron chi connectivity index (χ3n) is 5.45. The Kier molecular flexibility index (Phi) is 4.40. The normalized spacial score (nSPS) is 14.7. The van der Waals surface area contributed by atoms with E-state index >= 15 is 0 Å². The maximum absolute atomic E-state index is 9.87. The lowest BCUT2D eigenvalue weighted by atomic mass is 9.67. The number of hydrogen-bond donors (Lipinski definition) is 2. The van der Waals surface area contributed by atoms with Crippen molar-refractivity contribution < 1.29 is 10.2 Å². The largest absolute Gasteiger partial charge is 0.509 e. The van der Waals surface area contributed by atoms with Gasteiger partial charge in [0.2, 0.25) is 0 Å². The number of aliphatic hydroxyl groups is 1. The Morgan fingerprint density at radius 1 is 0.821 bits per heavy atom. The lowest BCUT2D eigenvalue weighted by molar-refractivity contribution is 0.435. The molecule has 3 aromatic rings. The van der Waals surface area contributed by atoms with E-state index in [4.69, 9.17) is 0 Å². The van der Waals surface area contributed by atoms with Crippen LogP contribution in [0.15, 0.2) is 109 Å². The second kappa shape index (κ2) is 6.90. The van der Waals surface area contributed by atoms with Gasteiger partial charge in [-0.2, -0.15) is 0 Å². The second-order valence-electron chi connectivity index (χ2n) is 6.96. The summed E-state index contributed by atoms with van der Waals surface area (Å²) in [6.45, 7) is 5.60. The van der Waals surface area contributed by atoms with Crippen LogP contribution in [0, 0.1) is 0 Å². The summed E-state index contributed by atoms with van der Waals surface area (Å²) in [7, 11) is 0. The first-order valence-electron chi connectivity index (χ1n) is 9.30. The Hall–Kier alpha value is -3.52. The number of phenols is 1. The molecule has 0 unspecified atom stereocenters. The number of aromatic hydroxyl groups is 1. The van der Waals surface area contributed by atoms with Crippen molar-refractivity contribution in [3.8, 4) is 16.9 Å². The summed E-state index contributed by atoms with van der Waals surface area (Å²) in [6.07, 6.45) is 5.63. The predicted octanol–water partition coefficient (Wildman–Crippen LogP) is 6.28. The summed E-state index contributed by atoms with van der Waals surface area (Å²) in [6, 6.07) is 24.2. The maximum Gasteiger partial charge on any atom is 0.115 e. The molecule has 0 aliphatic heterocycles. The molecule has 1 aliphatic carbocycles. The van der Waals surface area contributed by atoms with Gasteiger partial charge in [-0.15, -0.1) is 0 Å². The van der Waals surface area contributed by atoms with E-state index in [1.165, 1.54) is 22.3 Å². The van der Waals surface area contributed by atoms with Crippen LogP contribution in [0.2, 0.25) is 0 Å². The molecular formula is C26H22O2. The van der Waals surface area contributed by atoms with Gasteiger partial charge in [0.15, 0.2) is 0 Å². The Morgan fingerprint density at radius 2 is 1.36 bits per heavy atom. The molecule has 138 valence electrons. The number of benzene rings is 3. The van der Waals surface area contributed by atoms with Gasteiger partial charge < -0.3 is 10.2 Å². The van der Waals surface area contributed by atoms with E-state index in [-0.39, 0.29) is 11.5 Å². The Bertz CT molecular complexity index is 1060. The first-order chi connectivity index (χ1) is 13.6. The minimum absolute atomic E-state index is 0.0137. The van der Waals surface area contributed by atoms with Crippen molar-refractivity contribution in [1.82, 2.24) is 0 Å². The smallest absolute Gasteiger partial charge is 0.115 e. The second-order valence-corrected chi connectivity index (χ2v) is 6.96. The van der Waals surface area contributed by atoms with Crippen molar-refractivity contribution in [2.45, 2.75) is 12.3 Å². The maximum atomic E-state index is 9.87. The molecule has 0 bridgehead atoms. The van der Waals surface area contributed by atoms with Gasteiger partial charge in [0.1, 0.15) is 11.5 Å². The number of hydrogen-bond acceptors (Lipinski definition) is 2. The Morgan fingerprint density at radius 3 is 1.86 bits per heavy atom. The topological polar surface area (TPSA) is 40.5 Å². The molecule has 0 fully saturated rings. The van der Waals surface area contributed by atoms with E-state index in [9.17, 15) is 10.2 Å². The van der Waals surface area contributed by atoms with E-state index in [2.05, 4.69) is 61.2 Å². The van der Waals surface area contributed by atoms with Crippen molar-refractivity contribution >= 4 is 0 Å². The van der Waals surface area contributed by atoms with Gasteiger partial charge >= 0.3 is 0 Å². The lowest BCUT2D eigenvalue weighted by Gasteiger charge is -2.34. The van der Waals surface area contributed by atoms with Gasteiger partial charge in [-0.3, -0.25) is 0 Å². The molecule has 0 spiro atoms. The van der Waals surface area contributed by atoms with E-state index in [1.807, 2.05) is 25.1 Å². The molecule has 0 radical (unpaired) electrons. The van der Waals surface area contributed by atoms with Crippen LogP contribution in [-0.2, 0) is 5.41 Å². The highest BCUT2D eigenvalue weighted by molar-refractivity contribution is 5.86. The summed E-state index contributed by atoms with van der Waals surface area (Å²) in [5, 5.41) is 19.6. The van der Waals surface area contributed by atoms with E-state index in [0.29, 0.717) is 0 Å². The molecule has 2 heteroatoms.